The number of benzene rings is 1. The Balaban J connectivity index is 2.24. The molecule has 1 amide bonds. The van der Waals surface area contributed by atoms with Crippen LogP contribution in [-0.4, -0.2) is 16.4 Å². The van der Waals surface area contributed by atoms with Crippen molar-refractivity contribution in [2.75, 3.05) is 16.8 Å². The van der Waals surface area contributed by atoms with E-state index >= 15 is 0 Å². The number of hydrogen-bond donors (Lipinski definition) is 2. The average molecular weight is 264 g/mol. The molecule has 0 bridgehead atoms. The molecule has 0 spiro atoms. The Morgan fingerprint density at radius 3 is 2.78 bits per heavy atom. The summed E-state index contributed by atoms with van der Waals surface area (Å²) in [5, 5.41) is 3.02. The predicted octanol–water partition coefficient (Wildman–Crippen LogP) is 3.11. The predicted molar refractivity (Wildman–Crippen MR) is 79.1 cm³/mol. The molecule has 0 radical (unpaired) electrons. The van der Waals surface area contributed by atoms with Gasteiger partial charge in [-0.3, -0.25) is 4.79 Å². The minimum absolute atomic E-state index is 0.0744. The number of carbonyl (C=O) groups is 1. The second-order valence-corrected chi connectivity index (χ2v) is 6.71. The van der Waals surface area contributed by atoms with Gasteiger partial charge in [0.2, 0.25) is 5.91 Å². The highest BCUT2D eigenvalue weighted by Crippen LogP contribution is 2.39. The van der Waals surface area contributed by atoms with Crippen LogP contribution >= 0.6 is 11.8 Å². The Morgan fingerprint density at radius 1 is 1.44 bits per heavy atom. The largest absolute Gasteiger partial charge is 0.397 e. The highest BCUT2D eigenvalue weighted by atomic mass is 32.2. The van der Waals surface area contributed by atoms with E-state index < -0.39 is 0 Å². The van der Waals surface area contributed by atoms with Crippen molar-refractivity contribution in [3.05, 3.63) is 23.3 Å². The number of aryl methyl sites for hydroxylation is 1. The number of hydrogen-bond acceptors (Lipinski definition) is 3. The van der Waals surface area contributed by atoms with Crippen LogP contribution in [0.4, 0.5) is 11.4 Å². The molecule has 1 heterocycles. The van der Waals surface area contributed by atoms with Gasteiger partial charge in [-0.05, 0) is 56.6 Å². The fourth-order valence-electron chi connectivity index (χ4n) is 2.21. The van der Waals surface area contributed by atoms with Gasteiger partial charge in [0.15, 0.2) is 0 Å². The van der Waals surface area contributed by atoms with Gasteiger partial charge in [-0.15, -0.1) is 11.8 Å². The van der Waals surface area contributed by atoms with Crippen LogP contribution in [0.15, 0.2) is 12.1 Å². The molecule has 4 heteroatoms. The van der Waals surface area contributed by atoms with Crippen molar-refractivity contribution >= 4 is 29.0 Å². The Hall–Kier alpha value is -1.16. The van der Waals surface area contributed by atoms with Crippen molar-refractivity contribution in [1.29, 1.82) is 0 Å². The van der Waals surface area contributed by atoms with Crippen LogP contribution in [0.5, 0.6) is 0 Å². The van der Waals surface area contributed by atoms with E-state index in [0.29, 0.717) is 5.69 Å². The molecule has 98 valence electrons. The molecule has 1 aliphatic rings. The van der Waals surface area contributed by atoms with Gasteiger partial charge < -0.3 is 11.1 Å². The molecule has 1 atom stereocenters. The normalized spacial score (nSPS) is 23.1. The molecule has 1 aromatic rings. The van der Waals surface area contributed by atoms with Crippen LogP contribution in [0.2, 0.25) is 0 Å². The highest BCUT2D eigenvalue weighted by Gasteiger charge is 2.37. The molecule has 18 heavy (non-hydrogen) atoms. The van der Waals surface area contributed by atoms with Crippen LogP contribution < -0.4 is 11.1 Å². The summed E-state index contributed by atoms with van der Waals surface area (Å²) < 4.78 is -0.303. The van der Waals surface area contributed by atoms with Crippen molar-refractivity contribution in [3.63, 3.8) is 0 Å². The molecule has 3 N–H and O–H groups in total. The summed E-state index contributed by atoms with van der Waals surface area (Å²) in [5.41, 5.74) is 9.56. The Bertz CT molecular complexity index is 479. The maximum Gasteiger partial charge on any atom is 0.240 e. The summed E-state index contributed by atoms with van der Waals surface area (Å²) in [4.78, 5) is 12.4. The van der Waals surface area contributed by atoms with E-state index in [9.17, 15) is 4.79 Å². The van der Waals surface area contributed by atoms with Gasteiger partial charge in [0.25, 0.3) is 0 Å². The Labute approximate surface area is 113 Å². The van der Waals surface area contributed by atoms with Gasteiger partial charge in [0.1, 0.15) is 0 Å². The van der Waals surface area contributed by atoms with Crippen molar-refractivity contribution < 1.29 is 4.79 Å². The maximum absolute atomic E-state index is 12.4. The lowest BCUT2D eigenvalue weighted by Gasteiger charge is -2.23. The van der Waals surface area contributed by atoms with E-state index in [1.54, 1.807) is 11.8 Å². The smallest absolute Gasteiger partial charge is 0.240 e. The van der Waals surface area contributed by atoms with Crippen LogP contribution in [0, 0.1) is 13.8 Å². The zero-order valence-electron chi connectivity index (χ0n) is 11.2. The number of anilines is 2. The number of thioether (sulfide) groups is 1. The van der Waals surface area contributed by atoms with Crippen molar-refractivity contribution in [1.82, 2.24) is 0 Å². The van der Waals surface area contributed by atoms with Crippen LogP contribution in [0.25, 0.3) is 0 Å². The molecular weight excluding hydrogens is 244 g/mol. The molecule has 1 aliphatic heterocycles. The third-order valence-corrected chi connectivity index (χ3v) is 5.23. The van der Waals surface area contributed by atoms with Gasteiger partial charge in [-0.1, -0.05) is 6.07 Å². The van der Waals surface area contributed by atoms with Crippen molar-refractivity contribution in [3.8, 4) is 0 Å². The first-order chi connectivity index (χ1) is 8.44. The first-order valence-corrected chi connectivity index (χ1v) is 7.24. The highest BCUT2D eigenvalue weighted by molar-refractivity contribution is 8.01. The number of carbonyl (C=O) groups excluding carboxylic acids is 1. The molecule has 3 nitrogen and oxygen atoms in total. The number of nitrogen functional groups attached to an aromatic ring is 1. The summed E-state index contributed by atoms with van der Waals surface area (Å²) in [5.74, 6) is 1.14. The molecule has 0 aromatic heterocycles. The summed E-state index contributed by atoms with van der Waals surface area (Å²) in [6, 6.07) is 3.83. The lowest BCUT2D eigenvalue weighted by molar-refractivity contribution is -0.118. The number of nitrogens with one attached hydrogen (secondary N) is 1. The van der Waals surface area contributed by atoms with Crippen LogP contribution in [-0.2, 0) is 4.79 Å². The number of amides is 1. The van der Waals surface area contributed by atoms with Crippen LogP contribution in [0.3, 0.4) is 0 Å². The third-order valence-electron chi connectivity index (χ3n) is 3.71. The van der Waals surface area contributed by atoms with Gasteiger partial charge in [0.05, 0.1) is 16.1 Å². The fraction of sp³-hybridized carbons (Fsp3) is 0.500. The van der Waals surface area contributed by atoms with Gasteiger partial charge >= 0.3 is 0 Å². The van der Waals surface area contributed by atoms with Crippen LogP contribution in [0.1, 0.15) is 30.9 Å². The Morgan fingerprint density at radius 2 is 2.17 bits per heavy atom. The first-order valence-electron chi connectivity index (χ1n) is 6.25. The molecule has 0 saturated carbocycles. The molecule has 1 saturated heterocycles. The van der Waals surface area contributed by atoms with E-state index in [1.807, 2.05) is 32.9 Å². The summed E-state index contributed by atoms with van der Waals surface area (Å²) in [7, 11) is 0. The minimum atomic E-state index is -0.303. The second kappa shape index (κ2) is 4.84. The summed E-state index contributed by atoms with van der Waals surface area (Å²) in [6.45, 7) is 6.03. The molecule has 1 fully saturated rings. The van der Waals surface area contributed by atoms with E-state index in [2.05, 4.69) is 5.32 Å². The molecule has 1 unspecified atom stereocenters. The molecule has 0 aliphatic carbocycles. The standard InChI is InChI=1S/C14H20N2OS/c1-9-5-6-11(15)12(10(9)2)16-13(17)14(3)7-4-8-18-14/h5-6H,4,7-8,15H2,1-3H3,(H,16,17). The summed E-state index contributed by atoms with van der Waals surface area (Å²) in [6.07, 6.45) is 2.05. The first kappa shape index (κ1) is 13.3. The van der Waals surface area contributed by atoms with E-state index in [4.69, 9.17) is 5.73 Å². The third kappa shape index (κ3) is 2.34. The van der Waals surface area contributed by atoms with E-state index in [1.165, 1.54) is 0 Å². The topological polar surface area (TPSA) is 55.1 Å². The maximum atomic E-state index is 12.4. The lowest BCUT2D eigenvalue weighted by Crippen LogP contribution is -2.35. The molecule has 1 aromatic carbocycles. The van der Waals surface area contributed by atoms with Gasteiger partial charge in [0, 0.05) is 0 Å². The summed E-state index contributed by atoms with van der Waals surface area (Å²) >= 11 is 1.74. The SMILES string of the molecule is Cc1ccc(N)c(NC(=O)C2(C)CCCS2)c1C. The molecular formula is C14H20N2OS. The zero-order valence-corrected chi connectivity index (χ0v) is 12.0. The van der Waals surface area contributed by atoms with Crippen molar-refractivity contribution in [2.24, 2.45) is 0 Å². The van der Waals surface area contributed by atoms with Gasteiger partial charge in [-0.25, -0.2) is 0 Å². The fourth-order valence-corrected chi connectivity index (χ4v) is 3.42. The Kier molecular flexibility index (Phi) is 3.57. The second-order valence-electron chi connectivity index (χ2n) is 5.11. The van der Waals surface area contributed by atoms with Gasteiger partial charge in [-0.2, -0.15) is 0 Å². The zero-order chi connectivity index (χ0) is 13.3. The quantitative estimate of drug-likeness (QED) is 0.807. The number of nitrogens with two attached hydrogens (primary N) is 1. The van der Waals surface area contributed by atoms with Crippen molar-refractivity contribution in [2.45, 2.75) is 38.4 Å². The lowest BCUT2D eigenvalue weighted by atomic mass is 10.0. The minimum Gasteiger partial charge on any atom is -0.397 e. The monoisotopic (exact) mass is 264 g/mol. The number of rotatable bonds is 2. The van der Waals surface area contributed by atoms with E-state index in [0.717, 1.165) is 35.4 Å². The van der Waals surface area contributed by atoms with E-state index in [-0.39, 0.29) is 10.7 Å². The molecule has 2 rings (SSSR count). The average Bonchev–Trinajstić information content (AvgIpc) is 2.78.